The van der Waals surface area contributed by atoms with Crippen LogP contribution in [0.2, 0.25) is 0 Å². The Bertz CT molecular complexity index is 712. The minimum absolute atomic E-state index is 0.0444. The fourth-order valence-corrected chi connectivity index (χ4v) is 2.30. The molecule has 0 fully saturated rings. The molecule has 1 aliphatic rings. The molecule has 1 aliphatic heterocycles. The van der Waals surface area contributed by atoms with E-state index in [1.165, 1.54) is 25.1 Å². The SMILES string of the molecule is CC(OC(=O)Cl)c1cc(CN2C(=O)C=CC2=O)ccc1[N+](=O)[O-]. The first-order valence-electron chi connectivity index (χ1n) is 6.46. The van der Waals surface area contributed by atoms with Crippen LogP contribution < -0.4 is 0 Å². The van der Waals surface area contributed by atoms with Crippen molar-refractivity contribution in [2.75, 3.05) is 0 Å². The highest BCUT2D eigenvalue weighted by atomic mass is 35.5. The van der Waals surface area contributed by atoms with Gasteiger partial charge in [0.1, 0.15) is 6.10 Å². The number of nitro benzene ring substituents is 1. The number of carbonyl (C=O) groups is 3. The Morgan fingerprint density at radius 1 is 1.35 bits per heavy atom. The summed E-state index contributed by atoms with van der Waals surface area (Å²) in [5, 5.41) is 11.1. The van der Waals surface area contributed by atoms with Crippen molar-refractivity contribution in [2.24, 2.45) is 0 Å². The van der Waals surface area contributed by atoms with E-state index >= 15 is 0 Å². The van der Waals surface area contributed by atoms with Gasteiger partial charge in [0.2, 0.25) is 0 Å². The third-order valence-electron chi connectivity index (χ3n) is 3.24. The largest absolute Gasteiger partial charge is 0.446 e. The molecule has 0 N–H and O–H groups in total. The van der Waals surface area contributed by atoms with Crippen LogP contribution in [0.4, 0.5) is 10.5 Å². The number of amides is 2. The number of benzene rings is 1. The number of hydrogen-bond acceptors (Lipinski definition) is 6. The standard InChI is InChI=1S/C14H11ClN2O6/c1-8(23-14(15)20)10-6-9(2-3-11(10)17(21)22)7-16-12(18)4-5-13(16)19/h2-6,8H,7H2,1H3. The summed E-state index contributed by atoms with van der Waals surface area (Å²) in [5.41, 5.74) is -0.746. The Hall–Kier alpha value is -2.74. The van der Waals surface area contributed by atoms with Crippen molar-refractivity contribution in [3.8, 4) is 0 Å². The lowest BCUT2D eigenvalue weighted by atomic mass is 10.0. The topological polar surface area (TPSA) is 107 Å². The molecule has 0 aliphatic carbocycles. The molecular formula is C14H11ClN2O6. The van der Waals surface area contributed by atoms with E-state index in [1.54, 1.807) is 0 Å². The van der Waals surface area contributed by atoms with Crippen molar-refractivity contribution in [3.63, 3.8) is 0 Å². The molecule has 0 radical (unpaired) electrons. The molecule has 1 atom stereocenters. The number of carbonyl (C=O) groups excluding carboxylic acids is 3. The van der Waals surface area contributed by atoms with E-state index in [4.69, 9.17) is 16.3 Å². The lowest BCUT2D eigenvalue weighted by Gasteiger charge is -2.16. The highest BCUT2D eigenvalue weighted by Gasteiger charge is 2.26. The van der Waals surface area contributed by atoms with Gasteiger partial charge in [0, 0.05) is 29.8 Å². The maximum absolute atomic E-state index is 11.6. The van der Waals surface area contributed by atoms with Gasteiger partial charge in [-0.2, -0.15) is 0 Å². The van der Waals surface area contributed by atoms with Crippen molar-refractivity contribution >= 4 is 34.5 Å². The van der Waals surface area contributed by atoms with Gasteiger partial charge >= 0.3 is 5.43 Å². The Morgan fingerprint density at radius 3 is 2.48 bits per heavy atom. The molecule has 8 nitrogen and oxygen atoms in total. The molecule has 0 spiro atoms. The summed E-state index contributed by atoms with van der Waals surface area (Å²) in [7, 11) is 0. The molecule has 0 aromatic heterocycles. The summed E-state index contributed by atoms with van der Waals surface area (Å²) in [5.74, 6) is -0.926. The Balaban J connectivity index is 2.32. The van der Waals surface area contributed by atoms with Crippen LogP contribution in [0.1, 0.15) is 24.2 Å². The van der Waals surface area contributed by atoms with E-state index in [0.29, 0.717) is 5.56 Å². The number of rotatable bonds is 5. The second kappa shape index (κ2) is 6.57. The van der Waals surface area contributed by atoms with Gasteiger partial charge in [-0.1, -0.05) is 6.07 Å². The first kappa shape index (κ1) is 16.6. The van der Waals surface area contributed by atoms with E-state index in [0.717, 1.165) is 17.1 Å². The van der Waals surface area contributed by atoms with E-state index < -0.39 is 28.3 Å². The molecular weight excluding hydrogens is 328 g/mol. The zero-order chi connectivity index (χ0) is 17.1. The third kappa shape index (κ3) is 3.72. The van der Waals surface area contributed by atoms with Crippen LogP contribution in [0.3, 0.4) is 0 Å². The molecule has 1 heterocycles. The summed E-state index contributed by atoms with van der Waals surface area (Å²) in [6, 6.07) is 4.05. The van der Waals surface area contributed by atoms with E-state index in [1.807, 2.05) is 0 Å². The summed E-state index contributed by atoms with van der Waals surface area (Å²) in [4.78, 5) is 45.4. The van der Waals surface area contributed by atoms with Crippen LogP contribution in [0.25, 0.3) is 0 Å². The predicted octanol–water partition coefficient (Wildman–Crippen LogP) is 2.46. The maximum atomic E-state index is 11.6. The highest BCUT2D eigenvalue weighted by Crippen LogP contribution is 2.29. The molecule has 9 heteroatoms. The van der Waals surface area contributed by atoms with Crippen LogP contribution in [0, 0.1) is 10.1 Å². The van der Waals surface area contributed by atoms with Crippen LogP contribution in [-0.4, -0.2) is 27.1 Å². The Morgan fingerprint density at radius 2 is 1.96 bits per heavy atom. The zero-order valence-electron chi connectivity index (χ0n) is 11.9. The maximum Gasteiger partial charge on any atom is 0.404 e. The van der Waals surface area contributed by atoms with Crippen molar-refractivity contribution < 1.29 is 24.0 Å². The van der Waals surface area contributed by atoms with Crippen LogP contribution >= 0.6 is 11.6 Å². The molecule has 2 rings (SSSR count). The minimum Gasteiger partial charge on any atom is -0.446 e. The summed E-state index contributed by atoms with van der Waals surface area (Å²) >= 11 is 5.13. The van der Waals surface area contributed by atoms with Gasteiger partial charge < -0.3 is 4.74 Å². The normalized spacial score (nSPS) is 15.0. The summed E-state index contributed by atoms with van der Waals surface area (Å²) in [6.07, 6.45) is 1.34. The van der Waals surface area contributed by atoms with E-state index in [2.05, 4.69) is 0 Å². The summed E-state index contributed by atoms with van der Waals surface area (Å²) in [6.45, 7) is 1.39. The lowest BCUT2D eigenvalue weighted by molar-refractivity contribution is -0.386. The first-order valence-corrected chi connectivity index (χ1v) is 6.84. The van der Waals surface area contributed by atoms with Gasteiger partial charge in [-0.3, -0.25) is 24.6 Å². The fourth-order valence-electron chi connectivity index (χ4n) is 2.17. The van der Waals surface area contributed by atoms with Gasteiger partial charge in [-0.05, 0) is 18.6 Å². The smallest absolute Gasteiger partial charge is 0.404 e. The molecule has 1 unspecified atom stereocenters. The number of imide groups is 1. The van der Waals surface area contributed by atoms with E-state index in [-0.39, 0.29) is 17.8 Å². The van der Waals surface area contributed by atoms with Crippen molar-refractivity contribution in [1.29, 1.82) is 0 Å². The molecule has 23 heavy (non-hydrogen) atoms. The van der Waals surface area contributed by atoms with Gasteiger partial charge in [-0.15, -0.1) is 0 Å². The van der Waals surface area contributed by atoms with Crippen LogP contribution in [0.5, 0.6) is 0 Å². The first-order chi connectivity index (χ1) is 10.8. The number of nitrogens with zero attached hydrogens (tertiary/aromatic N) is 2. The van der Waals surface area contributed by atoms with Crippen molar-refractivity contribution in [3.05, 3.63) is 51.6 Å². The van der Waals surface area contributed by atoms with E-state index in [9.17, 15) is 24.5 Å². The fraction of sp³-hybridized carbons (Fsp3) is 0.214. The average Bonchev–Trinajstić information content (AvgIpc) is 2.78. The molecule has 0 saturated carbocycles. The average molecular weight is 339 g/mol. The molecule has 120 valence electrons. The number of hydrogen-bond donors (Lipinski definition) is 0. The zero-order valence-corrected chi connectivity index (χ0v) is 12.6. The number of nitro groups is 1. The molecule has 0 saturated heterocycles. The quantitative estimate of drug-likeness (QED) is 0.353. The highest BCUT2D eigenvalue weighted by molar-refractivity contribution is 6.61. The summed E-state index contributed by atoms with van der Waals surface area (Å²) < 4.78 is 4.76. The lowest BCUT2D eigenvalue weighted by Crippen LogP contribution is -2.29. The van der Waals surface area contributed by atoms with Crippen molar-refractivity contribution in [2.45, 2.75) is 19.6 Å². The van der Waals surface area contributed by atoms with Crippen molar-refractivity contribution in [1.82, 2.24) is 4.90 Å². The molecule has 2 amide bonds. The molecule has 1 aromatic carbocycles. The van der Waals surface area contributed by atoms with Gasteiger partial charge in [-0.25, -0.2) is 4.79 Å². The number of halogens is 1. The second-order valence-corrected chi connectivity index (χ2v) is 5.05. The van der Waals surface area contributed by atoms with Gasteiger partial charge in [0.05, 0.1) is 17.0 Å². The Kier molecular flexibility index (Phi) is 4.75. The minimum atomic E-state index is -1.09. The van der Waals surface area contributed by atoms with Crippen LogP contribution in [-0.2, 0) is 20.9 Å². The Labute approximate surface area is 135 Å². The second-order valence-electron chi connectivity index (χ2n) is 4.74. The molecule has 0 bridgehead atoms. The van der Waals surface area contributed by atoms with Crippen LogP contribution in [0.15, 0.2) is 30.4 Å². The molecule has 1 aromatic rings. The number of ether oxygens (including phenoxy) is 1. The third-order valence-corrected chi connectivity index (χ3v) is 3.33. The van der Waals surface area contributed by atoms with Gasteiger partial charge in [0.15, 0.2) is 0 Å². The van der Waals surface area contributed by atoms with Gasteiger partial charge in [0.25, 0.3) is 17.5 Å². The monoisotopic (exact) mass is 338 g/mol. The predicted molar refractivity (Wildman–Crippen MR) is 78.5 cm³/mol.